The van der Waals surface area contributed by atoms with E-state index >= 15 is 0 Å². The summed E-state index contributed by atoms with van der Waals surface area (Å²) < 4.78 is 43.1. The molecule has 2 aromatic rings. The van der Waals surface area contributed by atoms with Crippen LogP contribution in [0.15, 0.2) is 45.9 Å². The van der Waals surface area contributed by atoms with Crippen molar-refractivity contribution in [1.82, 2.24) is 9.21 Å². The number of nitrogens with one attached hydrogen (secondary N) is 1. The average molecular weight is 464 g/mol. The first-order valence-electron chi connectivity index (χ1n) is 10.3. The SMILES string of the molecule is COc1ccc(S(=O)(=O)N2CCOCC2)cc1NC(=O)C1CC(=O)N(Cc2ccco2)C1. The number of methoxy groups -OCH3 is 1. The van der Waals surface area contributed by atoms with E-state index in [1.54, 1.807) is 17.0 Å². The van der Waals surface area contributed by atoms with E-state index in [-0.39, 0.29) is 48.5 Å². The van der Waals surface area contributed by atoms with Crippen molar-refractivity contribution in [1.29, 1.82) is 0 Å². The molecule has 0 saturated carbocycles. The van der Waals surface area contributed by atoms with E-state index in [9.17, 15) is 18.0 Å². The van der Waals surface area contributed by atoms with Crippen LogP contribution in [0.1, 0.15) is 12.2 Å². The Kier molecular flexibility index (Phi) is 6.49. The molecule has 32 heavy (non-hydrogen) atoms. The third kappa shape index (κ3) is 4.64. The molecule has 1 aromatic carbocycles. The van der Waals surface area contributed by atoms with Gasteiger partial charge in [0, 0.05) is 26.1 Å². The van der Waals surface area contributed by atoms with Gasteiger partial charge >= 0.3 is 0 Å². The minimum absolute atomic E-state index is 0.0532. The fourth-order valence-electron chi connectivity index (χ4n) is 3.81. The maximum Gasteiger partial charge on any atom is 0.243 e. The smallest absolute Gasteiger partial charge is 0.243 e. The Bertz CT molecular complexity index is 1080. The number of rotatable bonds is 7. The van der Waals surface area contributed by atoms with Crippen LogP contribution in [0, 0.1) is 5.92 Å². The van der Waals surface area contributed by atoms with Gasteiger partial charge in [0.2, 0.25) is 21.8 Å². The first-order chi connectivity index (χ1) is 15.4. The molecule has 2 saturated heterocycles. The van der Waals surface area contributed by atoms with Crippen LogP contribution >= 0.6 is 0 Å². The van der Waals surface area contributed by atoms with E-state index in [2.05, 4.69) is 5.32 Å². The number of ether oxygens (including phenoxy) is 2. The Morgan fingerprint density at radius 3 is 2.72 bits per heavy atom. The zero-order chi connectivity index (χ0) is 22.7. The topological polar surface area (TPSA) is 118 Å². The maximum atomic E-state index is 13.0. The molecule has 1 atom stereocenters. The van der Waals surface area contributed by atoms with Crippen molar-refractivity contribution in [2.75, 3.05) is 45.3 Å². The fraction of sp³-hybridized carbons (Fsp3) is 0.429. The summed E-state index contributed by atoms with van der Waals surface area (Å²) in [4.78, 5) is 26.9. The highest BCUT2D eigenvalue weighted by Crippen LogP contribution is 2.31. The number of likely N-dealkylation sites (tertiary alicyclic amines) is 1. The molecule has 0 aliphatic carbocycles. The lowest BCUT2D eigenvalue weighted by Crippen LogP contribution is -2.40. The Morgan fingerprint density at radius 2 is 2.03 bits per heavy atom. The number of carbonyl (C=O) groups excluding carboxylic acids is 2. The number of hydrogen-bond acceptors (Lipinski definition) is 7. The minimum atomic E-state index is -3.74. The number of morpholine rings is 1. The van der Waals surface area contributed by atoms with Crippen LogP contribution in [-0.4, -0.2) is 69.4 Å². The molecular weight excluding hydrogens is 438 g/mol. The van der Waals surface area contributed by atoms with Crippen molar-refractivity contribution < 1.29 is 31.9 Å². The molecule has 0 spiro atoms. The van der Waals surface area contributed by atoms with E-state index in [0.29, 0.717) is 31.3 Å². The number of furan rings is 1. The summed E-state index contributed by atoms with van der Waals surface area (Å²) in [6.45, 7) is 1.76. The van der Waals surface area contributed by atoms with E-state index in [0.717, 1.165) is 0 Å². The Hall–Kier alpha value is -2.89. The van der Waals surface area contributed by atoms with Gasteiger partial charge in [0.25, 0.3) is 0 Å². The van der Waals surface area contributed by atoms with Gasteiger partial charge in [0.05, 0.1) is 49.6 Å². The number of amides is 2. The zero-order valence-corrected chi connectivity index (χ0v) is 18.5. The third-order valence-electron chi connectivity index (χ3n) is 5.55. The highest BCUT2D eigenvalue weighted by molar-refractivity contribution is 7.89. The van der Waals surface area contributed by atoms with Crippen molar-refractivity contribution >= 4 is 27.5 Å². The summed E-state index contributed by atoms with van der Waals surface area (Å²) in [5.74, 6) is -0.114. The second-order valence-corrected chi connectivity index (χ2v) is 9.56. The zero-order valence-electron chi connectivity index (χ0n) is 17.7. The molecule has 1 aromatic heterocycles. The molecule has 2 aliphatic rings. The molecule has 0 radical (unpaired) electrons. The predicted molar refractivity (Wildman–Crippen MR) is 113 cm³/mol. The monoisotopic (exact) mass is 463 g/mol. The second-order valence-electron chi connectivity index (χ2n) is 7.62. The molecule has 2 amide bonds. The van der Waals surface area contributed by atoms with Crippen LogP contribution in [-0.2, 0) is 30.9 Å². The quantitative estimate of drug-likeness (QED) is 0.657. The molecule has 11 heteroatoms. The van der Waals surface area contributed by atoms with Crippen LogP contribution in [0.25, 0.3) is 0 Å². The predicted octanol–water partition coefficient (Wildman–Crippen LogP) is 1.30. The summed E-state index contributed by atoms with van der Waals surface area (Å²) in [6, 6.07) is 7.85. The van der Waals surface area contributed by atoms with Gasteiger partial charge in [-0.15, -0.1) is 0 Å². The number of benzene rings is 1. The number of nitrogens with zero attached hydrogens (tertiary/aromatic N) is 2. The highest BCUT2D eigenvalue weighted by Gasteiger charge is 2.35. The van der Waals surface area contributed by atoms with Gasteiger partial charge in [0.1, 0.15) is 11.5 Å². The van der Waals surface area contributed by atoms with E-state index in [1.165, 1.54) is 35.9 Å². The summed E-state index contributed by atoms with van der Waals surface area (Å²) in [5.41, 5.74) is 0.240. The largest absolute Gasteiger partial charge is 0.495 e. The summed E-state index contributed by atoms with van der Waals surface area (Å²) in [5, 5.41) is 2.74. The Balaban J connectivity index is 1.49. The Labute approximate surface area is 186 Å². The molecule has 4 rings (SSSR count). The van der Waals surface area contributed by atoms with Gasteiger partial charge in [0.15, 0.2) is 0 Å². The van der Waals surface area contributed by atoms with Crippen molar-refractivity contribution in [2.24, 2.45) is 5.92 Å². The van der Waals surface area contributed by atoms with Gasteiger partial charge in [-0.1, -0.05) is 0 Å². The molecule has 0 bridgehead atoms. The average Bonchev–Trinajstić information content (AvgIpc) is 3.44. The summed E-state index contributed by atoms with van der Waals surface area (Å²) >= 11 is 0. The standard InChI is InChI=1S/C21H25N3O7S/c1-29-19-5-4-17(32(27,28)24-6-9-30-10-7-24)12-18(19)22-21(26)15-11-20(25)23(13-15)14-16-3-2-8-31-16/h2-5,8,12,15H,6-7,9-11,13-14H2,1H3,(H,22,26). The highest BCUT2D eigenvalue weighted by atomic mass is 32.2. The number of sulfonamides is 1. The first kappa shape index (κ1) is 22.3. The second kappa shape index (κ2) is 9.31. The summed E-state index contributed by atoms with van der Waals surface area (Å²) in [6.07, 6.45) is 1.60. The molecule has 2 aliphatic heterocycles. The van der Waals surface area contributed by atoms with Gasteiger partial charge in [-0.05, 0) is 30.3 Å². The van der Waals surface area contributed by atoms with Crippen LogP contribution in [0.5, 0.6) is 5.75 Å². The molecule has 1 unspecified atom stereocenters. The van der Waals surface area contributed by atoms with Gasteiger partial charge in [-0.3, -0.25) is 9.59 Å². The number of anilines is 1. The first-order valence-corrected chi connectivity index (χ1v) is 11.7. The molecule has 3 heterocycles. The van der Waals surface area contributed by atoms with Gasteiger partial charge < -0.3 is 24.1 Å². The van der Waals surface area contributed by atoms with Crippen LogP contribution in [0.4, 0.5) is 5.69 Å². The summed E-state index contributed by atoms with van der Waals surface area (Å²) in [7, 11) is -2.30. The lowest BCUT2D eigenvalue weighted by atomic mass is 10.1. The third-order valence-corrected chi connectivity index (χ3v) is 7.44. The maximum absolute atomic E-state index is 13.0. The van der Waals surface area contributed by atoms with Gasteiger partial charge in [-0.25, -0.2) is 8.42 Å². The normalized spacial score (nSPS) is 19.8. The van der Waals surface area contributed by atoms with Crippen LogP contribution in [0.3, 0.4) is 0 Å². The molecule has 2 fully saturated rings. The molecule has 10 nitrogen and oxygen atoms in total. The number of hydrogen-bond donors (Lipinski definition) is 1. The number of carbonyl (C=O) groups is 2. The van der Waals surface area contributed by atoms with E-state index in [1.807, 2.05) is 0 Å². The van der Waals surface area contributed by atoms with Crippen molar-refractivity contribution in [3.63, 3.8) is 0 Å². The van der Waals surface area contributed by atoms with Crippen LogP contribution < -0.4 is 10.1 Å². The molecular formula is C21H25N3O7S. The minimum Gasteiger partial charge on any atom is -0.495 e. The molecule has 172 valence electrons. The van der Waals surface area contributed by atoms with Crippen LogP contribution in [0.2, 0.25) is 0 Å². The van der Waals surface area contributed by atoms with Crippen molar-refractivity contribution in [3.8, 4) is 5.75 Å². The van der Waals surface area contributed by atoms with E-state index in [4.69, 9.17) is 13.9 Å². The van der Waals surface area contributed by atoms with Crippen molar-refractivity contribution in [3.05, 3.63) is 42.4 Å². The lowest BCUT2D eigenvalue weighted by Gasteiger charge is -2.26. The van der Waals surface area contributed by atoms with Gasteiger partial charge in [-0.2, -0.15) is 4.31 Å². The van der Waals surface area contributed by atoms with E-state index < -0.39 is 15.9 Å². The van der Waals surface area contributed by atoms with Crippen molar-refractivity contribution in [2.45, 2.75) is 17.9 Å². The Morgan fingerprint density at radius 1 is 1.25 bits per heavy atom. The lowest BCUT2D eigenvalue weighted by molar-refractivity contribution is -0.128. The molecule has 1 N–H and O–H groups in total. The fourth-order valence-corrected chi connectivity index (χ4v) is 5.24.